The average molecular weight is 572 g/mol. The lowest BCUT2D eigenvalue weighted by atomic mass is 9.88. The van der Waals surface area contributed by atoms with E-state index in [0.29, 0.717) is 12.0 Å². The lowest BCUT2D eigenvalue weighted by Gasteiger charge is -2.41. The maximum Gasteiger partial charge on any atom is 0.193 e. The zero-order chi connectivity index (χ0) is 22.2. The van der Waals surface area contributed by atoms with Crippen molar-refractivity contribution in [2.45, 2.75) is 37.8 Å². The van der Waals surface area contributed by atoms with Gasteiger partial charge in [-0.2, -0.15) is 0 Å². The van der Waals surface area contributed by atoms with E-state index in [4.69, 9.17) is 9.47 Å². The second-order valence-electron chi connectivity index (χ2n) is 9.58. The summed E-state index contributed by atoms with van der Waals surface area (Å²) in [7, 11) is 1.91. The Balaban J connectivity index is 0.00000306. The zero-order valence-electron chi connectivity index (χ0n) is 20.3. The first kappa shape index (κ1) is 26.7. The van der Waals surface area contributed by atoms with Gasteiger partial charge in [-0.15, -0.1) is 24.0 Å². The Morgan fingerprint density at radius 3 is 2.48 bits per heavy atom. The van der Waals surface area contributed by atoms with Crippen LogP contribution in [0.1, 0.15) is 37.8 Å². The van der Waals surface area contributed by atoms with Crippen molar-refractivity contribution in [3.8, 4) is 0 Å². The van der Waals surface area contributed by atoms with Gasteiger partial charge in [-0.05, 0) is 37.7 Å². The van der Waals surface area contributed by atoms with Crippen LogP contribution in [0.25, 0.3) is 0 Å². The third kappa shape index (κ3) is 7.52. The van der Waals surface area contributed by atoms with E-state index in [1.807, 2.05) is 7.05 Å². The fourth-order valence-electron chi connectivity index (χ4n) is 5.32. The van der Waals surface area contributed by atoms with Crippen LogP contribution in [0.15, 0.2) is 35.3 Å². The maximum absolute atomic E-state index is 5.71. The minimum absolute atomic E-state index is 0. The van der Waals surface area contributed by atoms with Crippen molar-refractivity contribution in [1.29, 1.82) is 0 Å². The van der Waals surface area contributed by atoms with Crippen LogP contribution in [0.2, 0.25) is 0 Å². The van der Waals surface area contributed by atoms with Crippen molar-refractivity contribution >= 4 is 29.9 Å². The highest BCUT2D eigenvalue weighted by Gasteiger charge is 2.35. The molecule has 186 valence electrons. The van der Waals surface area contributed by atoms with E-state index in [1.165, 1.54) is 18.5 Å². The molecule has 1 aromatic rings. The van der Waals surface area contributed by atoms with E-state index < -0.39 is 0 Å². The summed E-state index contributed by atoms with van der Waals surface area (Å²) in [6.07, 6.45) is 3.25. The highest BCUT2D eigenvalue weighted by molar-refractivity contribution is 14.0. The van der Waals surface area contributed by atoms with E-state index in [0.717, 1.165) is 78.0 Å². The van der Waals surface area contributed by atoms with Crippen LogP contribution in [-0.4, -0.2) is 94.0 Å². The number of likely N-dealkylation sites (tertiary alicyclic amines) is 1. The summed E-state index contributed by atoms with van der Waals surface area (Å²) in [6.45, 7) is 12.0. The number of hydrogen-bond donors (Lipinski definition) is 2. The lowest BCUT2D eigenvalue weighted by molar-refractivity contribution is 0.0314. The summed E-state index contributed by atoms with van der Waals surface area (Å²) >= 11 is 0. The van der Waals surface area contributed by atoms with Gasteiger partial charge < -0.3 is 25.0 Å². The molecule has 3 aliphatic rings. The van der Waals surface area contributed by atoms with Gasteiger partial charge in [-0.3, -0.25) is 9.89 Å². The molecule has 0 spiro atoms. The highest BCUT2D eigenvalue weighted by Crippen LogP contribution is 2.25. The molecule has 33 heavy (non-hydrogen) atoms. The molecule has 1 aromatic carbocycles. The fraction of sp³-hybridized carbons (Fsp3) is 0.720. The molecule has 3 fully saturated rings. The number of benzene rings is 1. The molecule has 0 aliphatic carbocycles. The van der Waals surface area contributed by atoms with Gasteiger partial charge in [0, 0.05) is 71.1 Å². The molecule has 2 atom stereocenters. The van der Waals surface area contributed by atoms with Crippen molar-refractivity contribution in [3.05, 3.63) is 35.9 Å². The van der Waals surface area contributed by atoms with Gasteiger partial charge in [-0.25, -0.2) is 0 Å². The van der Waals surface area contributed by atoms with Crippen molar-refractivity contribution < 1.29 is 9.47 Å². The number of morpholine rings is 1. The Labute approximate surface area is 216 Å². The van der Waals surface area contributed by atoms with Gasteiger partial charge in [0.05, 0.1) is 13.2 Å². The zero-order valence-corrected chi connectivity index (χ0v) is 22.6. The molecule has 0 radical (unpaired) electrons. The van der Waals surface area contributed by atoms with Crippen molar-refractivity contribution in [2.75, 3.05) is 72.7 Å². The van der Waals surface area contributed by atoms with Crippen molar-refractivity contribution in [2.24, 2.45) is 10.9 Å². The Kier molecular flexibility index (Phi) is 10.7. The molecule has 3 heterocycles. The molecular weight excluding hydrogens is 529 g/mol. The number of guanidine groups is 1. The molecule has 0 saturated carbocycles. The minimum Gasteiger partial charge on any atom is -0.381 e. The highest BCUT2D eigenvalue weighted by atomic mass is 127. The summed E-state index contributed by atoms with van der Waals surface area (Å²) in [5.74, 6) is 1.74. The van der Waals surface area contributed by atoms with Gasteiger partial charge in [0.25, 0.3) is 0 Å². The molecule has 2 N–H and O–H groups in total. The molecule has 2 unspecified atom stereocenters. The van der Waals surface area contributed by atoms with Crippen molar-refractivity contribution in [3.63, 3.8) is 0 Å². The molecule has 3 saturated heterocycles. The van der Waals surface area contributed by atoms with E-state index in [-0.39, 0.29) is 29.5 Å². The molecule has 3 aliphatic heterocycles. The number of aliphatic imine (C=N–C) groups is 1. The second kappa shape index (κ2) is 13.2. The van der Waals surface area contributed by atoms with Gasteiger partial charge in [0.15, 0.2) is 5.96 Å². The van der Waals surface area contributed by atoms with Gasteiger partial charge in [0.2, 0.25) is 0 Å². The monoisotopic (exact) mass is 571 g/mol. The van der Waals surface area contributed by atoms with Gasteiger partial charge >= 0.3 is 0 Å². The number of halogens is 1. The third-order valence-electron chi connectivity index (χ3n) is 7.27. The van der Waals surface area contributed by atoms with E-state index in [1.54, 1.807) is 0 Å². The number of nitrogens with zero attached hydrogens (tertiary/aromatic N) is 3. The molecular formula is C25H42IN5O2. The van der Waals surface area contributed by atoms with Crippen LogP contribution < -0.4 is 10.6 Å². The minimum atomic E-state index is 0. The Bertz CT molecular complexity index is 723. The third-order valence-corrected chi connectivity index (χ3v) is 7.27. The lowest BCUT2D eigenvalue weighted by Crippen LogP contribution is -2.58. The SMILES string of the molecule is CN=C(NCC1(NC(C)c2ccccc2)CCOCC1)N1CCC(CN2CCOCC2)C1.I. The molecule has 7 nitrogen and oxygen atoms in total. The number of hydrogen-bond acceptors (Lipinski definition) is 5. The number of ether oxygens (including phenoxy) is 2. The normalized spacial score (nSPS) is 24.8. The summed E-state index contributed by atoms with van der Waals surface area (Å²) in [5.41, 5.74) is 1.34. The number of nitrogens with one attached hydrogen (secondary N) is 2. The topological polar surface area (TPSA) is 61.4 Å². The summed E-state index contributed by atoms with van der Waals surface area (Å²) in [6, 6.07) is 11.0. The first-order valence-corrected chi connectivity index (χ1v) is 12.3. The Morgan fingerprint density at radius 2 is 1.79 bits per heavy atom. The Morgan fingerprint density at radius 1 is 1.09 bits per heavy atom. The van der Waals surface area contributed by atoms with Gasteiger partial charge in [-0.1, -0.05) is 30.3 Å². The average Bonchev–Trinajstić information content (AvgIpc) is 3.29. The maximum atomic E-state index is 5.71. The van der Waals surface area contributed by atoms with Crippen LogP contribution in [-0.2, 0) is 9.47 Å². The molecule has 4 rings (SSSR count). The second-order valence-corrected chi connectivity index (χ2v) is 9.58. The van der Waals surface area contributed by atoms with E-state index >= 15 is 0 Å². The fourth-order valence-corrected chi connectivity index (χ4v) is 5.32. The quantitative estimate of drug-likeness (QED) is 0.298. The van der Waals surface area contributed by atoms with Crippen LogP contribution in [0, 0.1) is 5.92 Å². The van der Waals surface area contributed by atoms with Crippen LogP contribution in [0.4, 0.5) is 0 Å². The first-order valence-electron chi connectivity index (χ1n) is 12.3. The summed E-state index contributed by atoms with van der Waals surface area (Å²) < 4.78 is 11.2. The van der Waals surface area contributed by atoms with Crippen molar-refractivity contribution in [1.82, 2.24) is 20.4 Å². The van der Waals surface area contributed by atoms with Crippen LogP contribution in [0.5, 0.6) is 0 Å². The standard InChI is InChI=1S/C25H41N5O2.HI/c1-21(23-6-4-3-5-7-23)28-25(9-14-31-15-10-25)20-27-24(26-2)30-11-8-22(19-30)18-29-12-16-32-17-13-29;/h3-7,21-22,28H,8-20H2,1-2H3,(H,26,27);1H. The largest absolute Gasteiger partial charge is 0.381 e. The van der Waals surface area contributed by atoms with E-state index in [2.05, 4.69) is 62.7 Å². The van der Waals surface area contributed by atoms with Gasteiger partial charge in [0.1, 0.15) is 0 Å². The molecule has 0 amide bonds. The predicted octanol–water partition coefficient (Wildman–Crippen LogP) is 2.73. The van der Waals surface area contributed by atoms with Crippen LogP contribution >= 0.6 is 24.0 Å². The smallest absolute Gasteiger partial charge is 0.193 e. The summed E-state index contributed by atoms with van der Waals surface area (Å²) in [5, 5.41) is 7.67. The summed E-state index contributed by atoms with van der Waals surface area (Å²) in [4.78, 5) is 9.64. The Hall–Kier alpha value is -0.940. The molecule has 0 bridgehead atoms. The van der Waals surface area contributed by atoms with Crippen LogP contribution in [0.3, 0.4) is 0 Å². The predicted molar refractivity (Wildman–Crippen MR) is 144 cm³/mol. The molecule has 0 aromatic heterocycles. The first-order chi connectivity index (χ1) is 15.7. The van der Waals surface area contributed by atoms with E-state index in [9.17, 15) is 0 Å². The molecule has 8 heteroatoms. The number of rotatable bonds is 7.